The first-order valence-corrected chi connectivity index (χ1v) is 14.0. The Morgan fingerprint density at radius 1 is 1.02 bits per heavy atom. The number of benzene rings is 2. The number of nitrogens with zero attached hydrogens (tertiary/aromatic N) is 1. The topological polar surface area (TPSA) is 57.6 Å². The van der Waals surface area contributed by atoms with Gasteiger partial charge in [-0.3, -0.25) is 9.59 Å². The van der Waals surface area contributed by atoms with Crippen LogP contribution in [0, 0.1) is 17.7 Å². The van der Waals surface area contributed by atoms with E-state index < -0.39 is 58.1 Å². The van der Waals surface area contributed by atoms with E-state index in [1.807, 2.05) is 6.92 Å². The van der Waals surface area contributed by atoms with E-state index in [9.17, 15) is 36.6 Å². The number of alkyl halides is 5. The largest absolute Gasteiger partial charge is 0.481 e. The van der Waals surface area contributed by atoms with Crippen LogP contribution in [0.1, 0.15) is 68.2 Å². The second kappa shape index (κ2) is 10.1. The number of carboxylic acids is 1. The molecule has 4 atom stereocenters. The summed E-state index contributed by atoms with van der Waals surface area (Å²) in [5.41, 5.74) is -5.12. The van der Waals surface area contributed by atoms with Crippen LogP contribution >= 0.6 is 0 Å². The molecule has 1 saturated carbocycles. The lowest BCUT2D eigenvalue weighted by atomic mass is 9.60. The maximum absolute atomic E-state index is 16.2. The number of hydrogen-bond donors (Lipinski definition) is 1. The molecule has 3 aliphatic rings. The molecule has 2 fully saturated rings. The highest BCUT2D eigenvalue weighted by Crippen LogP contribution is 2.54. The molecule has 2 aromatic rings. The first-order valence-electron chi connectivity index (χ1n) is 14.0. The van der Waals surface area contributed by atoms with Gasteiger partial charge in [-0.2, -0.15) is 13.2 Å². The molecule has 1 heterocycles. The van der Waals surface area contributed by atoms with Gasteiger partial charge in [0.25, 0.3) is 5.91 Å². The van der Waals surface area contributed by atoms with E-state index in [1.165, 1.54) is 24.3 Å². The minimum absolute atomic E-state index is 0.0547. The molecule has 1 aliphatic heterocycles. The summed E-state index contributed by atoms with van der Waals surface area (Å²) in [6.45, 7) is 2.60. The molecule has 3 unspecified atom stereocenters. The number of rotatable bonds is 5. The zero-order valence-electron chi connectivity index (χ0n) is 22.9. The van der Waals surface area contributed by atoms with Crippen molar-refractivity contribution in [1.82, 2.24) is 4.90 Å². The first-order chi connectivity index (χ1) is 19.1. The maximum Gasteiger partial charge on any atom is 0.426 e. The Morgan fingerprint density at radius 3 is 2.24 bits per heavy atom. The smallest absolute Gasteiger partial charge is 0.426 e. The summed E-state index contributed by atoms with van der Waals surface area (Å²) in [5, 5.41) is 9.32. The van der Waals surface area contributed by atoms with Gasteiger partial charge in [-0.15, -0.1) is 0 Å². The van der Waals surface area contributed by atoms with E-state index in [2.05, 4.69) is 0 Å². The third-order valence-corrected chi connectivity index (χ3v) is 9.87. The predicted octanol–water partition coefficient (Wildman–Crippen LogP) is 6.83. The molecular weight excluding hydrogens is 548 g/mol. The van der Waals surface area contributed by atoms with Crippen molar-refractivity contribution in [2.45, 2.75) is 87.8 Å². The number of carbonyl (C=O) groups is 2. The quantitative estimate of drug-likeness (QED) is 0.394. The van der Waals surface area contributed by atoms with E-state index in [1.54, 1.807) is 17.0 Å². The number of aryl methyl sites for hydroxylation is 1. The van der Waals surface area contributed by atoms with Gasteiger partial charge in [-0.1, -0.05) is 37.3 Å². The molecule has 4 nitrogen and oxygen atoms in total. The molecule has 1 N–H and O–H groups in total. The van der Waals surface area contributed by atoms with E-state index >= 15 is 4.39 Å². The Kier molecular flexibility index (Phi) is 7.22. The molecule has 10 heteroatoms. The molecule has 2 aliphatic carbocycles. The van der Waals surface area contributed by atoms with Gasteiger partial charge < -0.3 is 10.0 Å². The Bertz CT molecular complexity index is 1330. The molecule has 1 amide bonds. The van der Waals surface area contributed by atoms with Gasteiger partial charge in [0.15, 0.2) is 5.67 Å². The molecule has 0 radical (unpaired) electrons. The number of carboxylic acid groups (broad SMARTS) is 1. The molecule has 1 saturated heterocycles. The third-order valence-electron chi connectivity index (χ3n) is 9.87. The van der Waals surface area contributed by atoms with Gasteiger partial charge in [-0.25, -0.2) is 13.2 Å². The van der Waals surface area contributed by atoms with Gasteiger partial charge in [0, 0.05) is 18.0 Å². The lowest BCUT2D eigenvalue weighted by Gasteiger charge is -2.47. The summed E-state index contributed by atoms with van der Waals surface area (Å²) in [4.78, 5) is 26.8. The highest BCUT2D eigenvalue weighted by molar-refractivity contribution is 5.86. The van der Waals surface area contributed by atoms with Crippen molar-refractivity contribution in [2.24, 2.45) is 11.8 Å². The lowest BCUT2D eigenvalue weighted by molar-refractivity contribution is -0.228. The van der Waals surface area contributed by atoms with E-state index in [4.69, 9.17) is 0 Å². The van der Waals surface area contributed by atoms with Crippen LogP contribution in [-0.2, 0) is 33.5 Å². The zero-order chi connectivity index (χ0) is 30.0. The fourth-order valence-electron chi connectivity index (χ4n) is 7.40. The highest BCUT2D eigenvalue weighted by Gasteiger charge is 2.60. The number of hydrogen-bond acceptors (Lipinski definition) is 2. The number of fused-ring (bicyclic) bond motifs is 3. The summed E-state index contributed by atoms with van der Waals surface area (Å²) in [7, 11) is 0. The monoisotopic (exact) mass is 581 g/mol. The highest BCUT2D eigenvalue weighted by atomic mass is 19.4. The summed E-state index contributed by atoms with van der Waals surface area (Å²) < 4.78 is 85.4. The van der Waals surface area contributed by atoms with Crippen LogP contribution in [0.5, 0.6) is 0 Å². The average molecular weight is 582 g/mol. The van der Waals surface area contributed by atoms with Crippen LogP contribution in [0.15, 0.2) is 42.5 Å². The van der Waals surface area contributed by atoms with Crippen LogP contribution in [0.4, 0.5) is 26.3 Å². The van der Waals surface area contributed by atoms with Crippen molar-refractivity contribution in [1.29, 1.82) is 0 Å². The van der Waals surface area contributed by atoms with Crippen molar-refractivity contribution >= 4 is 11.9 Å². The lowest BCUT2D eigenvalue weighted by Crippen LogP contribution is -2.55. The van der Waals surface area contributed by atoms with E-state index in [-0.39, 0.29) is 44.6 Å². The molecule has 41 heavy (non-hydrogen) atoms. The third kappa shape index (κ3) is 4.80. The van der Waals surface area contributed by atoms with Crippen LogP contribution in [-0.4, -0.2) is 46.3 Å². The molecule has 2 aromatic carbocycles. The average Bonchev–Trinajstić information content (AvgIpc) is 3.20. The number of carbonyl (C=O) groups excluding carboxylic acids is 1. The minimum Gasteiger partial charge on any atom is -0.481 e. The zero-order valence-corrected chi connectivity index (χ0v) is 22.9. The van der Waals surface area contributed by atoms with Crippen LogP contribution in [0.2, 0.25) is 0 Å². The summed E-state index contributed by atoms with van der Waals surface area (Å²) in [5.74, 6) is -3.09. The van der Waals surface area contributed by atoms with Crippen molar-refractivity contribution in [3.8, 4) is 0 Å². The van der Waals surface area contributed by atoms with Gasteiger partial charge in [0.1, 0.15) is 5.82 Å². The number of amides is 1. The van der Waals surface area contributed by atoms with Gasteiger partial charge in [0.2, 0.25) is 5.67 Å². The second-order valence-corrected chi connectivity index (χ2v) is 12.2. The molecule has 222 valence electrons. The van der Waals surface area contributed by atoms with Crippen molar-refractivity contribution in [2.75, 3.05) is 6.54 Å². The molecule has 0 bridgehead atoms. The summed E-state index contributed by atoms with van der Waals surface area (Å²) in [6, 6.07) is 9.27. The predicted molar refractivity (Wildman–Crippen MR) is 139 cm³/mol. The first kappa shape index (κ1) is 29.5. The summed E-state index contributed by atoms with van der Waals surface area (Å²) in [6.07, 6.45) is -4.47. The van der Waals surface area contributed by atoms with Crippen molar-refractivity contribution in [3.05, 3.63) is 70.5 Å². The molecule has 0 aromatic heterocycles. The van der Waals surface area contributed by atoms with E-state index in [0.29, 0.717) is 30.9 Å². The standard InChI is InChI=1S/C31H33F6NO3/c1-18-17-38(27(41)29(34)13-11-20(12-14-29)26(39)40)25-10-5-21-15-22(28(2,33)31(35,36)37)6-9-24(21)30(18,25)16-19-3-7-23(32)8-4-19/h3-4,6-9,15,18,20,25H,5,10-14,16-17H2,1-2H3,(H,39,40)/t18-,20-,25?,28?,29+,30?/m0/s1. The van der Waals surface area contributed by atoms with Crippen LogP contribution in [0.25, 0.3) is 0 Å². The second-order valence-electron chi connectivity index (χ2n) is 12.2. The minimum atomic E-state index is -5.11. The molecular formula is C31H33F6NO3. The van der Waals surface area contributed by atoms with Gasteiger partial charge >= 0.3 is 12.1 Å². The van der Waals surface area contributed by atoms with Crippen molar-refractivity contribution in [3.63, 3.8) is 0 Å². The van der Waals surface area contributed by atoms with Crippen molar-refractivity contribution < 1.29 is 41.0 Å². The fraction of sp³-hybridized carbons (Fsp3) is 0.548. The fourth-order valence-corrected chi connectivity index (χ4v) is 7.40. The Balaban J connectivity index is 1.56. The molecule has 0 spiro atoms. The Morgan fingerprint density at radius 2 is 1.66 bits per heavy atom. The van der Waals surface area contributed by atoms with Crippen LogP contribution < -0.4 is 0 Å². The van der Waals surface area contributed by atoms with Crippen LogP contribution in [0.3, 0.4) is 0 Å². The SMILES string of the molecule is C[C@H]1CN(C(=O)[C@]2(F)CC[C@@H](C(=O)O)CC2)C2CCc3cc(C(C)(F)C(F)(F)F)ccc3C21Cc1ccc(F)cc1. The maximum atomic E-state index is 16.2. The number of likely N-dealkylation sites (tertiary alicyclic amines) is 1. The van der Waals surface area contributed by atoms with Gasteiger partial charge in [-0.05, 0) is 92.2 Å². The van der Waals surface area contributed by atoms with Gasteiger partial charge in [0.05, 0.1) is 5.92 Å². The number of aliphatic carboxylic acids is 1. The molecule has 5 rings (SSSR count). The normalized spacial score (nSPS) is 31.2. The Hall–Kier alpha value is -3.04. The summed E-state index contributed by atoms with van der Waals surface area (Å²) >= 11 is 0. The number of halogens is 6. The van der Waals surface area contributed by atoms with E-state index in [0.717, 1.165) is 11.6 Å². The Labute approximate surface area is 234 Å².